The molecule has 2 bridgehead atoms. The predicted octanol–water partition coefficient (Wildman–Crippen LogP) is 2.20. The molecule has 0 amide bonds. The molecule has 2 saturated carbocycles. The fraction of sp³-hybridized carbons (Fsp3) is 0.833. The third-order valence-electron chi connectivity index (χ3n) is 3.84. The van der Waals surface area contributed by atoms with Crippen LogP contribution >= 0.6 is 0 Å². The van der Waals surface area contributed by atoms with Gasteiger partial charge in [-0.05, 0) is 44.9 Å². The van der Waals surface area contributed by atoms with Crippen molar-refractivity contribution in [3.05, 3.63) is 0 Å². The second-order valence-electron chi connectivity index (χ2n) is 4.80. The molecular formula is C12H18O. The first kappa shape index (κ1) is 9.09. The Labute approximate surface area is 80.5 Å². The topological polar surface area (TPSA) is 20.2 Å². The summed E-state index contributed by atoms with van der Waals surface area (Å²) >= 11 is 0. The highest BCUT2D eigenvalue weighted by Gasteiger charge is 2.47. The zero-order valence-electron chi connectivity index (χ0n) is 8.51. The van der Waals surface area contributed by atoms with Crippen LogP contribution in [0.4, 0.5) is 0 Å². The molecule has 2 fully saturated rings. The summed E-state index contributed by atoms with van der Waals surface area (Å²) in [5.41, 5.74) is -0.728. The highest BCUT2D eigenvalue weighted by molar-refractivity contribution is 5.15. The Morgan fingerprint density at radius 1 is 1.31 bits per heavy atom. The van der Waals surface area contributed by atoms with Gasteiger partial charge >= 0.3 is 0 Å². The van der Waals surface area contributed by atoms with Gasteiger partial charge in [0, 0.05) is 5.92 Å². The van der Waals surface area contributed by atoms with E-state index in [0.717, 1.165) is 11.8 Å². The highest BCUT2D eigenvalue weighted by Crippen LogP contribution is 2.51. The summed E-state index contributed by atoms with van der Waals surface area (Å²) in [7, 11) is 0. The zero-order valence-corrected chi connectivity index (χ0v) is 8.51. The minimum absolute atomic E-state index is 0.443. The van der Waals surface area contributed by atoms with Crippen LogP contribution in [0, 0.1) is 29.6 Å². The van der Waals surface area contributed by atoms with Gasteiger partial charge in [0.1, 0.15) is 5.60 Å². The van der Waals surface area contributed by atoms with Crippen LogP contribution in [0.5, 0.6) is 0 Å². The van der Waals surface area contributed by atoms with Gasteiger partial charge in [0.25, 0.3) is 0 Å². The lowest BCUT2D eigenvalue weighted by atomic mass is 9.77. The van der Waals surface area contributed by atoms with Crippen molar-refractivity contribution in [3.63, 3.8) is 0 Å². The molecule has 72 valence electrons. The molecule has 1 N–H and O–H groups in total. The monoisotopic (exact) mass is 178 g/mol. The van der Waals surface area contributed by atoms with E-state index in [1.807, 2.05) is 13.8 Å². The van der Waals surface area contributed by atoms with Crippen molar-refractivity contribution in [2.24, 2.45) is 17.8 Å². The lowest BCUT2D eigenvalue weighted by Gasteiger charge is -2.31. The molecule has 13 heavy (non-hydrogen) atoms. The Hall–Kier alpha value is -0.480. The molecule has 1 heteroatoms. The summed E-state index contributed by atoms with van der Waals surface area (Å²) in [5.74, 6) is 7.88. The van der Waals surface area contributed by atoms with Crippen LogP contribution in [0.3, 0.4) is 0 Å². The summed E-state index contributed by atoms with van der Waals surface area (Å²) < 4.78 is 0. The van der Waals surface area contributed by atoms with E-state index in [1.165, 1.54) is 25.7 Å². The second-order valence-corrected chi connectivity index (χ2v) is 4.80. The predicted molar refractivity (Wildman–Crippen MR) is 53.0 cm³/mol. The van der Waals surface area contributed by atoms with Gasteiger partial charge < -0.3 is 5.11 Å². The molecule has 4 atom stereocenters. The molecule has 0 spiro atoms. The molecule has 2 aliphatic carbocycles. The van der Waals surface area contributed by atoms with Crippen LogP contribution in [0.25, 0.3) is 0 Å². The van der Waals surface area contributed by atoms with Gasteiger partial charge in [-0.3, -0.25) is 0 Å². The lowest BCUT2D eigenvalue weighted by Crippen LogP contribution is -2.36. The third-order valence-corrected chi connectivity index (χ3v) is 3.84. The molecule has 0 radical (unpaired) electrons. The Morgan fingerprint density at radius 2 is 2.08 bits per heavy atom. The molecule has 2 rings (SSSR count). The van der Waals surface area contributed by atoms with Crippen molar-refractivity contribution in [1.82, 2.24) is 0 Å². The van der Waals surface area contributed by atoms with E-state index >= 15 is 0 Å². The molecule has 0 saturated heterocycles. The molecule has 1 nitrogen and oxygen atoms in total. The average molecular weight is 178 g/mol. The Bertz CT molecular complexity index is 256. The van der Waals surface area contributed by atoms with Crippen LogP contribution in [-0.4, -0.2) is 10.7 Å². The van der Waals surface area contributed by atoms with Crippen molar-refractivity contribution >= 4 is 0 Å². The largest absolute Gasteiger partial charge is 0.378 e. The fourth-order valence-corrected chi connectivity index (χ4v) is 3.28. The van der Waals surface area contributed by atoms with Gasteiger partial charge in [-0.15, -0.1) is 5.92 Å². The first-order chi connectivity index (χ1) is 6.13. The number of hydrogen-bond acceptors (Lipinski definition) is 1. The standard InChI is InChI=1S/C12H18O/c1-3-6-12(2,13)11-8-9-4-5-10(11)7-9/h9-11,13H,4-5,7-8H2,1-2H3. The van der Waals surface area contributed by atoms with Gasteiger partial charge in [-0.25, -0.2) is 0 Å². The van der Waals surface area contributed by atoms with Gasteiger partial charge in [0.15, 0.2) is 0 Å². The van der Waals surface area contributed by atoms with Crippen molar-refractivity contribution in [1.29, 1.82) is 0 Å². The van der Waals surface area contributed by atoms with Crippen LogP contribution < -0.4 is 0 Å². The van der Waals surface area contributed by atoms with Crippen molar-refractivity contribution < 1.29 is 5.11 Å². The molecule has 0 aromatic rings. The molecular weight excluding hydrogens is 160 g/mol. The summed E-state index contributed by atoms with van der Waals surface area (Å²) in [4.78, 5) is 0. The van der Waals surface area contributed by atoms with Gasteiger partial charge in [-0.2, -0.15) is 0 Å². The Kier molecular flexibility index (Phi) is 2.12. The molecule has 0 heterocycles. The van der Waals surface area contributed by atoms with Gasteiger partial charge in [-0.1, -0.05) is 12.3 Å². The summed E-state index contributed by atoms with van der Waals surface area (Å²) in [5, 5.41) is 10.2. The van der Waals surface area contributed by atoms with E-state index in [0.29, 0.717) is 5.92 Å². The molecule has 0 aromatic heterocycles. The van der Waals surface area contributed by atoms with Gasteiger partial charge in [0.05, 0.1) is 0 Å². The maximum atomic E-state index is 10.2. The van der Waals surface area contributed by atoms with E-state index in [9.17, 15) is 5.11 Å². The van der Waals surface area contributed by atoms with Crippen LogP contribution in [0.2, 0.25) is 0 Å². The van der Waals surface area contributed by atoms with E-state index in [-0.39, 0.29) is 0 Å². The average Bonchev–Trinajstić information content (AvgIpc) is 2.63. The van der Waals surface area contributed by atoms with E-state index in [4.69, 9.17) is 0 Å². The lowest BCUT2D eigenvalue weighted by molar-refractivity contribution is 0.0276. The maximum Gasteiger partial charge on any atom is 0.125 e. The maximum absolute atomic E-state index is 10.2. The van der Waals surface area contributed by atoms with Crippen LogP contribution in [0.15, 0.2) is 0 Å². The Morgan fingerprint density at radius 3 is 2.54 bits per heavy atom. The summed E-state index contributed by atoms with van der Waals surface area (Å²) in [6.07, 6.45) is 5.24. The zero-order chi connectivity index (χ0) is 9.47. The summed E-state index contributed by atoms with van der Waals surface area (Å²) in [6, 6.07) is 0. The van der Waals surface area contributed by atoms with Crippen molar-refractivity contribution in [2.75, 3.05) is 0 Å². The quantitative estimate of drug-likeness (QED) is 0.610. The SMILES string of the molecule is CC#CC(C)(O)C1CC2CCC1C2. The first-order valence-corrected chi connectivity index (χ1v) is 5.30. The van der Waals surface area contributed by atoms with Crippen LogP contribution in [-0.2, 0) is 0 Å². The van der Waals surface area contributed by atoms with Crippen LogP contribution in [0.1, 0.15) is 39.5 Å². The fourth-order valence-electron chi connectivity index (χ4n) is 3.28. The minimum Gasteiger partial charge on any atom is -0.378 e. The highest BCUT2D eigenvalue weighted by atomic mass is 16.3. The van der Waals surface area contributed by atoms with E-state index in [1.54, 1.807) is 0 Å². The van der Waals surface area contributed by atoms with E-state index < -0.39 is 5.60 Å². The van der Waals surface area contributed by atoms with Crippen molar-refractivity contribution in [3.8, 4) is 11.8 Å². The third kappa shape index (κ3) is 1.48. The first-order valence-electron chi connectivity index (χ1n) is 5.30. The molecule has 2 aliphatic rings. The van der Waals surface area contributed by atoms with Crippen molar-refractivity contribution in [2.45, 2.75) is 45.1 Å². The van der Waals surface area contributed by atoms with E-state index in [2.05, 4.69) is 11.8 Å². The smallest absolute Gasteiger partial charge is 0.125 e. The number of aliphatic hydroxyl groups is 1. The molecule has 0 aromatic carbocycles. The number of rotatable bonds is 1. The second kappa shape index (κ2) is 3.03. The number of fused-ring (bicyclic) bond motifs is 2. The minimum atomic E-state index is -0.728. The Balaban J connectivity index is 2.12. The summed E-state index contributed by atoms with van der Waals surface area (Å²) in [6.45, 7) is 3.69. The number of hydrogen-bond donors (Lipinski definition) is 1. The molecule has 0 aliphatic heterocycles. The molecule has 4 unspecified atom stereocenters. The normalized spacial score (nSPS) is 41.0. The van der Waals surface area contributed by atoms with Gasteiger partial charge in [0.2, 0.25) is 0 Å².